The number of carbonyl (C=O) groups excluding carboxylic acids is 3. The highest BCUT2D eigenvalue weighted by molar-refractivity contribution is 6.42. The maximum Gasteiger partial charge on any atom is 0.253 e. The van der Waals surface area contributed by atoms with E-state index in [2.05, 4.69) is 10.6 Å². The van der Waals surface area contributed by atoms with Gasteiger partial charge in [0.1, 0.15) is 6.04 Å². The van der Waals surface area contributed by atoms with Crippen molar-refractivity contribution >= 4 is 40.9 Å². The molecule has 10 heteroatoms. The fraction of sp³-hybridized carbons (Fsp3) is 0.526. The Kier molecular flexibility index (Phi) is 9.35. The molecule has 0 heterocycles. The summed E-state index contributed by atoms with van der Waals surface area (Å²) in [5.41, 5.74) is -0.0417. The molecule has 0 saturated heterocycles. The minimum atomic E-state index is -2.13. The largest absolute Gasteiger partial charge is 0.379 e. The molecule has 0 spiro atoms. The first-order valence-electron chi connectivity index (χ1n) is 9.09. The van der Waals surface area contributed by atoms with Crippen LogP contribution in [0.5, 0.6) is 0 Å². The van der Waals surface area contributed by atoms with Crippen LogP contribution in [0.2, 0.25) is 10.0 Å². The number of hydrogen-bond acceptors (Lipinski definition) is 5. The maximum atomic E-state index is 13.0. The third-order valence-corrected chi connectivity index (χ3v) is 5.36. The first-order valence-corrected chi connectivity index (χ1v) is 9.84. The van der Waals surface area contributed by atoms with E-state index in [0.717, 1.165) is 0 Å². The second kappa shape index (κ2) is 10.8. The summed E-state index contributed by atoms with van der Waals surface area (Å²) in [6.45, 7) is 4.86. The van der Waals surface area contributed by atoms with Crippen molar-refractivity contribution in [2.24, 2.45) is 11.8 Å². The molecule has 29 heavy (non-hydrogen) atoms. The molecular weight excluding hydrogens is 421 g/mol. The summed E-state index contributed by atoms with van der Waals surface area (Å²) in [4.78, 5) is 37.2. The second-order valence-corrected chi connectivity index (χ2v) is 8.13. The van der Waals surface area contributed by atoms with E-state index in [1.165, 1.54) is 19.5 Å². The SMILES string of the molecule is CNC(=O)[C@H](Cc1ccc(Cl)c(Cl)c1)NC(=O)[C@](O)(CC(C)C)[C@H](C)C(=O)NO. The van der Waals surface area contributed by atoms with Crippen LogP contribution in [0.4, 0.5) is 0 Å². The Labute approximate surface area is 179 Å². The predicted molar refractivity (Wildman–Crippen MR) is 110 cm³/mol. The molecule has 0 aliphatic carbocycles. The zero-order valence-corrected chi connectivity index (χ0v) is 18.3. The van der Waals surface area contributed by atoms with Crippen LogP contribution < -0.4 is 16.1 Å². The summed E-state index contributed by atoms with van der Waals surface area (Å²) >= 11 is 11.9. The molecule has 3 atom stereocenters. The van der Waals surface area contributed by atoms with Crippen LogP contribution >= 0.6 is 23.2 Å². The third-order valence-electron chi connectivity index (χ3n) is 4.62. The number of hydroxylamine groups is 1. The molecule has 0 radical (unpaired) electrons. The summed E-state index contributed by atoms with van der Waals surface area (Å²) in [6, 6.07) is 3.78. The molecular formula is C19H27Cl2N3O5. The van der Waals surface area contributed by atoms with Crippen molar-refractivity contribution in [1.29, 1.82) is 0 Å². The van der Waals surface area contributed by atoms with Gasteiger partial charge in [-0.15, -0.1) is 0 Å². The Morgan fingerprint density at radius 2 is 1.72 bits per heavy atom. The van der Waals surface area contributed by atoms with E-state index in [1.807, 2.05) is 0 Å². The molecule has 1 aromatic rings. The topological polar surface area (TPSA) is 128 Å². The fourth-order valence-electron chi connectivity index (χ4n) is 2.97. The second-order valence-electron chi connectivity index (χ2n) is 7.31. The van der Waals surface area contributed by atoms with Gasteiger partial charge in [-0.25, -0.2) is 5.48 Å². The van der Waals surface area contributed by atoms with E-state index >= 15 is 0 Å². The number of benzene rings is 1. The zero-order chi connectivity index (χ0) is 22.4. The van der Waals surface area contributed by atoms with Gasteiger partial charge in [0.25, 0.3) is 5.91 Å². The van der Waals surface area contributed by atoms with Gasteiger partial charge in [0.05, 0.1) is 16.0 Å². The lowest BCUT2D eigenvalue weighted by Crippen LogP contribution is -2.60. The van der Waals surface area contributed by atoms with Crippen molar-refractivity contribution in [2.45, 2.75) is 45.3 Å². The number of aliphatic hydroxyl groups is 1. The van der Waals surface area contributed by atoms with Crippen molar-refractivity contribution in [1.82, 2.24) is 16.1 Å². The van der Waals surface area contributed by atoms with Crippen LogP contribution in [0, 0.1) is 11.8 Å². The van der Waals surface area contributed by atoms with Crippen LogP contribution in [0.25, 0.3) is 0 Å². The van der Waals surface area contributed by atoms with Gasteiger partial charge in [0, 0.05) is 13.5 Å². The number of rotatable bonds is 9. The minimum absolute atomic E-state index is 0.0549. The number of hydrogen-bond donors (Lipinski definition) is 5. The molecule has 5 N–H and O–H groups in total. The molecule has 0 aliphatic rings. The van der Waals surface area contributed by atoms with Crippen molar-refractivity contribution in [3.63, 3.8) is 0 Å². The standard InChI is InChI=1S/C19H27Cl2N3O5/c1-10(2)9-19(28,11(3)16(25)24-29)18(27)23-15(17(26)22-4)8-12-5-6-13(20)14(21)7-12/h5-7,10-11,15,28-29H,8-9H2,1-4H3,(H,22,26)(H,23,27)(H,24,25)/t11-,15+,19+/m1/s1. The van der Waals surface area contributed by atoms with Gasteiger partial charge in [0.15, 0.2) is 5.60 Å². The van der Waals surface area contributed by atoms with Crippen molar-refractivity contribution in [3.8, 4) is 0 Å². The molecule has 0 bridgehead atoms. The normalized spacial score (nSPS) is 15.2. The summed E-state index contributed by atoms with van der Waals surface area (Å²) in [7, 11) is 1.42. The first kappa shape index (κ1) is 25.2. The van der Waals surface area contributed by atoms with Crippen molar-refractivity contribution in [2.75, 3.05) is 7.05 Å². The van der Waals surface area contributed by atoms with Crippen LogP contribution in [0.15, 0.2) is 18.2 Å². The number of likely N-dealkylation sites (N-methyl/N-ethyl adjacent to an activating group) is 1. The average molecular weight is 448 g/mol. The molecule has 0 fully saturated rings. The van der Waals surface area contributed by atoms with E-state index in [-0.39, 0.29) is 18.8 Å². The van der Waals surface area contributed by atoms with E-state index < -0.39 is 35.3 Å². The zero-order valence-electron chi connectivity index (χ0n) is 16.8. The van der Waals surface area contributed by atoms with Gasteiger partial charge in [-0.3, -0.25) is 19.6 Å². The smallest absolute Gasteiger partial charge is 0.253 e. The number of carbonyl (C=O) groups is 3. The van der Waals surface area contributed by atoms with Crippen LogP contribution in [-0.2, 0) is 20.8 Å². The quantitative estimate of drug-likeness (QED) is 0.290. The molecule has 0 aliphatic heterocycles. The number of halogens is 2. The van der Waals surface area contributed by atoms with Crippen molar-refractivity contribution in [3.05, 3.63) is 33.8 Å². The lowest BCUT2D eigenvalue weighted by molar-refractivity contribution is -0.159. The highest BCUT2D eigenvalue weighted by Gasteiger charge is 2.46. The Bertz CT molecular complexity index is 759. The molecule has 0 unspecified atom stereocenters. The Hall–Kier alpha value is -1.87. The van der Waals surface area contributed by atoms with E-state index in [1.54, 1.807) is 32.0 Å². The van der Waals surface area contributed by atoms with Crippen LogP contribution in [-0.4, -0.2) is 46.7 Å². The van der Waals surface area contributed by atoms with Gasteiger partial charge < -0.3 is 15.7 Å². The maximum absolute atomic E-state index is 13.0. The lowest BCUT2D eigenvalue weighted by Gasteiger charge is -2.34. The minimum Gasteiger partial charge on any atom is -0.379 e. The van der Waals surface area contributed by atoms with Crippen LogP contribution in [0.3, 0.4) is 0 Å². The van der Waals surface area contributed by atoms with Crippen LogP contribution in [0.1, 0.15) is 32.8 Å². The highest BCUT2D eigenvalue weighted by Crippen LogP contribution is 2.27. The monoisotopic (exact) mass is 447 g/mol. The number of nitrogens with one attached hydrogen (secondary N) is 3. The van der Waals surface area contributed by atoms with Gasteiger partial charge in [0.2, 0.25) is 11.8 Å². The Morgan fingerprint density at radius 1 is 1.10 bits per heavy atom. The Balaban J connectivity index is 3.16. The molecule has 0 saturated carbocycles. The fourth-order valence-corrected chi connectivity index (χ4v) is 3.29. The van der Waals surface area contributed by atoms with E-state index in [4.69, 9.17) is 28.4 Å². The summed E-state index contributed by atoms with van der Waals surface area (Å²) < 4.78 is 0. The summed E-state index contributed by atoms with van der Waals surface area (Å²) in [6.07, 6.45) is 0.0291. The lowest BCUT2D eigenvalue weighted by atomic mass is 9.80. The number of amides is 3. The average Bonchev–Trinajstić information content (AvgIpc) is 2.67. The summed E-state index contributed by atoms with van der Waals surface area (Å²) in [5, 5.41) is 25.6. The molecule has 3 amide bonds. The van der Waals surface area contributed by atoms with Crippen molar-refractivity contribution < 1.29 is 24.7 Å². The Morgan fingerprint density at radius 3 is 2.21 bits per heavy atom. The molecule has 8 nitrogen and oxygen atoms in total. The van der Waals surface area contributed by atoms with Gasteiger partial charge in [-0.2, -0.15) is 0 Å². The first-order chi connectivity index (χ1) is 13.5. The summed E-state index contributed by atoms with van der Waals surface area (Å²) in [5.74, 6) is -3.70. The van der Waals surface area contributed by atoms with Gasteiger partial charge in [-0.05, 0) is 30.0 Å². The molecule has 1 aromatic carbocycles. The predicted octanol–water partition coefficient (Wildman–Crippen LogP) is 1.69. The molecule has 0 aromatic heterocycles. The van der Waals surface area contributed by atoms with Gasteiger partial charge >= 0.3 is 0 Å². The highest BCUT2D eigenvalue weighted by atomic mass is 35.5. The molecule has 1 rings (SSSR count). The van der Waals surface area contributed by atoms with Gasteiger partial charge in [-0.1, -0.05) is 50.0 Å². The van der Waals surface area contributed by atoms with E-state index in [9.17, 15) is 19.5 Å². The van der Waals surface area contributed by atoms with E-state index in [0.29, 0.717) is 15.6 Å². The molecule has 162 valence electrons. The third kappa shape index (κ3) is 6.57.